The lowest BCUT2D eigenvalue weighted by molar-refractivity contribution is 0.346. The van der Waals surface area contributed by atoms with E-state index in [1.807, 2.05) is 0 Å². The van der Waals surface area contributed by atoms with Gasteiger partial charge in [-0.3, -0.25) is 0 Å². The lowest BCUT2D eigenvalue weighted by atomic mass is 10.2. The second kappa shape index (κ2) is 4.66. The quantitative estimate of drug-likeness (QED) is 0.818. The van der Waals surface area contributed by atoms with Gasteiger partial charge in [-0.2, -0.15) is 4.31 Å². The van der Waals surface area contributed by atoms with Crippen molar-refractivity contribution < 1.29 is 8.42 Å². The number of nitrogen functional groups attached to an aromatic ring is 1. The molecular weight excluding hydrogens is 236 g/mol. The molecule has 1 fully saturated rings. The van der Waals surface area contributed by atoms with E-state index in [9.17, 15) is 8.42 Å². The fourth-order valence-electron chi connectivity index (χ4n) is 2.21. The summed E-state index contributed by atoms with van der Waals surface area (Å²) in [6, 6.07) is 4.95. The van der Waals surface area contributed by atoms with Gasteiger partial charge in [0.15, 0.2) is 0 Å². The molecule has 0 atom stereocenters. The van der Waals surface area contributed by atoms with Crippen LogP contribution in [0, 0.1) is 6.92 Å². The van der Waals surface area contributed by atoms with Crippen molar-refractivity contribution in [1.82, 2.24) is 4.31 Å². The number of sulfonamides is 1. The van der Waals surface area contributed by atoms with E-state index in [2.05, 4.69) is 0 Å². The molecule has 4 nitrogen and oxygen atoms in total. The Morgan fingerprint density at radius 2 is 1.82 bits per heavy atom. The van der Waals surface area contributed by atoms with Gasteiger partial charge in [0.1, 0.15) is 0 Å². The predicted octanol–water partition coefficient (Wildman–Crippen LogP) is 1.75. The highest BCUT2D eigenvalue weighted by Gasteiger charge is 2.26. The van der Waals surface area contributed by atoms with Crippen LogP contribution in [0.25, 0.3) is 0 Å². The Hall–Kier alpha value is -1.07. The molecule has 0 amide bonds. The van der Waals surface area contributed by atoms with E-state index in [4.69, 9.17) is 5.73 Å². The van der Waals surface area contributed by atoms with Gasteiger partial charge in [-0.1, -0.05) is 6.42 Å². The molecule has 0 aliphatic carbocycles. The number of hydrogen-bond donors (Lipinski definition) is 1. The lowest BCUT2D eigenvalue weighted by Crippen LogP contribution is -2.35. The van der Waals surface area contributed by atoms with Crippen LogP contribution in [0.5, 0.6) is 0 Å². The van der Waals surface area contributed by atoms with Crippen LogP contribution in [0.2, 0.25) is 0 Å². The topological polar surface area (TPSA) is 63.4 Å². The summed E-state index contributed by atoms with van der Waals surface area (Å²) in [4.78, 5) is 0.383. The fraction of sp³-hybridized carbons (Fsp3) is 0.500. The molecule has 2 rings (SSSR count). The Morgan fingerprint density at radius 1 is 1.18 bits per heavy atom. The molecule has 1 aliphatic rings. The van der Waals surface area contributed by atoms with Gasteiger partial charge in [0.25, 0.3) is 0 Å². The highest BCUT2D eigenvalue weighted by Crippen LogP contribution is 2.24. The molecular formula is C12H18N2O2S. The number of nitrogens with zero attached hydrogens (tertiary/aromatic N) is 1. The summed E-state index contributed by atoms with van der Waals surface area (Å²) in [5, 5.41) is 0. The Kier molecular flexibility index (Phi) is 3.40. The SMILES string of the molecule is Cc1cc(N)ccc1S(=O)(=O)N1CCCCC1. The second-order valence-corrected chi connectivity index (χ2v) is 6.40. The summed E-state index contributed by atoms with van der Waals surface area (Å²) in [6.07, 6.45) is 3.02. The average Bonchev–Trinajstić information content (AvgIpc) is 2.29. The molecule has 94 valence electrons. The minimum absolute atomic E-state index is 0.383. The van der Waals surface area contributed by atoms with E-state index in [1.165, 1.54) is 0 Å². The third-order valence-corrected chi connectivity index (χ3v) is 5.19. The van der Waals surface area contributed by atoms with Crippen LogP contribution >= 0.6 is 0 Å². The first-order valence-corrected chi connectivity index (χ1v) is 7.32. The number of hydrogen-bond acceptors (Lipinski definition) is 3. The molecule has 1 aromatic rings. The standard InChI is InChI=1S/C12H18N2O2S/c1-10-9-11(13)5-6-12(10)17(15,16)14-7-3-2-4-8-14/h5-6,9H,2-4,7-8,13H2,1H3. The molecule has 0 spiro atoms. The third-order valence-electron chi connectivity index (χ3n) is 3.13. The molecule has 5 heteroatoms. The van der Waals surface area contributed by atoms with Crippen molar-refractivity contribution in [3.63, 3.8) is 0 Å². The Bertz CT molecular complexity index is 505. The van der Waals surface area contributed by atoms with E-state index >= 15 is 0 Å². The highest BCUT2D eigenvalue weighted by atomic mass is 32.2. The number of nitrogens with two attached hydrogens (primary N) is 1. The zero-order chi connectivity index (χ0) is 12.5. The van der Waals surface area contributed by atoms with Crippen molar-refractivity contribution in [1.29, 1.82) is 0 Å². The van der Waals surface area contributed by atoms with Crippen molar-refractivity contribution in [3.05, 3.63) is 23.8 Å². The van der Waals surface area contributed by atoms with Crippen molar-refractivity contribution in [2.24, 2.45) is 0 Å². The molecule has 1 aromatic carbocycles. The summed E-state index contributed by atoms with van der Waals surface area (Å²) >= 11 is 0. The minimum Gasteiger partial charge on any atom is -0.399 e. The van der Waals surface area contributed by atoms with E-state index < -0.39 is 10.0 Å². The maximum absolute atomic E-state index is 12.4. The van der Waals surface area contributed by atoms with E-state index in [0.717, 1.165) is 24.8 Å². The van der Waals surface area contributed by atoms with Crippen LogP contribution in [0.15, 0.2) is 23.1 Å². The van der Waals surface area contributed by atoms with Gasteiger partial charge < -0.3 is 5.73 Å². The third kappa shape index (κ3) is 2.45. The monoisotopic (exact) mass is 254 g/mol. The molecule has 0 aromatic heterocycles. The molecule has 1 aliphatic heterocycles. The largest absolute Gasteiger partial charge is 0.399 e. The van der Waals surface area contributed by atoms with E-state index in [-0.39, 0.29) is 0 Å². The molecule has 0 saturated carbocycles. The lowest BCUT2D eigenvalue weighted by Gasteiger charge is -2.26. The fourth-order valence-corrected chi connectivity index (χ4v) is 3.93. The number of benzene rings is 1. The predicted molar refractivity (Wildman–Crippen MR) is 68.2 cm³/mol. The first-order valence-electron chi connectivity index (χ1n) is 5.88. The molecule has 2 N–H and O–H groups in total. The van der Waals surface area contributed by atoms with Crippen molar-refractivity contribution >= 4 is 15.7 Å². The number of rotatable bonds is 2. The highest BCUT2D eigenvalue weighted by molar-refractivity contribution is 7.89. The van der Waals surface area contributed by atoms with Crippen LogP contribution in [0.3, 0.4) is 0 Å². The average molecular weight is 254 g/mol. The summed E-state index contributed by atoms with van der Waals surface area (Å²) < 4.78 is 26.4. The number of aryl methyl sites for hydroxylation is 1. The summed E-state index contributed by atoms with van der Waals surface area (Å²) in [6.45, 7) is 3.05. The van der Waals surface area contributed by atoms with Gasteiger partial charge in [-0.15, -0.1) is 0 Å². The molecule has 0 radical (unpaired) electrons. The van der Waals surface area contributed by atoms with Gasteiger partial charge in [0, 0.05) is 18.8 Å². The molecule has 0 unspecified atom stereocenters. The summed E-state index contributed by atoms with van der Waals surface area (Å²) in [5.74, 6) is 0. The van der Waals surface area contributed by atoms with Crippen LogP contribution in [0.1, 0.15) is 24.8 Å². The van der Waals surface area contributed by atoms with Gasteiger partial charge >= 0.3 is 0 Å². The molecule has 1 heterocycles. The van der Waals surface area contributed by atoms with E-state index in [0.29, 0.717) is 23.7 Å². The van der Waals surface area contributed by atoms with Crippen molar-refractivity contribution in [3.8, 4) is 0 Å². The molecule has 1 saturated heterocycles. The first-order chi connectivity index (χ1) is 8.01. The first kappa shape index (κ1) is 12.4. The van der Waals surface area contributed by atoms with Gasteiger partial charge in [0.2, 0.25) is 10.0 Å². The van der Waals surface area contributed by atoms with Crippen LogP contribution in [-0.2, 0) is 10.0 Å². The second-order valence-electron chi connectivity index (χ2n) is 4.49. The van der Waals surface area contributed by atoms with Gasteiger partial charge in [-0.25, -0.2) is 8.42 Å². The zero-order valence-corrected chi connectivity index (χ0v) is 10.8. The Labute approximate surface area is 102 Å². The van der Waals surface area contributed by atoms with Gasteiger partial charge in [0.05, 0.1) is 4.90 Å². The minimum atomic E-state index is -3.33. The van der Waals surface area contributed by atoms with Crippen LogP contribution < -0.4 is 5.73 Å². The Balaban J connectivity index is 2.37. The summed E-state index contributed by atoms with van der Waals surface area (Å²) in [7, 11) is -3.33. The Morgan fingerprint density at radius 3 is 2.41 bits per heavy atom. The van der Waals surface area contributed by atoms with Crippen molar-refractivity contribution in [2.45, 2.75) is 31.1 Å². The maximum Gasteiger partial charge on any atom is 0.243 e. The summed E-state index contributed by atoms with van der Waals surface area (Å²) in [5.41, 5.74) is 6.96. The number of piperidine rings is 1. The van der Waals surface area contributed by atoms with Crippen LogP contribution in [-0.4, -0.2) is 25.8 Å². The number of anilines is 1. The zero-order valence-electron chi connectivity index (χ0n) is 10.0. The normalized spacial score (nSPS) is 18.2. The smallest absolute Gasteiger partial charge is 0.243 e. The molecule has 17 heavy (non-hydrogen) atoms. The van der Waals surface area contributed by atoms with Crippen LogP contribution in [0.4, 0.5) is 5.69 Å². The van der Waals surface area contributed by atoms with E-state index in [1.54, 1.807) is 29.4 Å². The molecule has 0 bridgehead atoms. The van der Waals surface area contributed by atoms with Crippen molar-refractivity contribution in [2.75, 3.05) is 18.8 Å². The maximum atomic E-state index is 12.4. The van der Waals surface area contributed by atoms with Gasteiger partial charge in [-0.05, 0) is 43.5 Å².